The van der Waals surface area contributed by atoms with Gasteiger partial charge in [-0.3, -0.25) is 0 Å². The summed E-state index contributed by atoms with van der Waals surface area (Å²) in [6.07, 6.45) is 5.42. The third-order valence-electron chi connectivity index (χ3n) is 2.60. The third kappa shape index (κ3) is 3.55. The van der Waals surface area contributed by atoms with E-state index in [1.165, 1.54) is 12.5 Å². The largest absolute Gasteiger partial charge is 0.383 e. The van der Waals surface area contributed by atoms with Crippen LogP contribution in [0.15, 0.2) is 35.9 Å². The van der Waals surface area contributed by atoms with Crippen LogP contribution in [-0.2, 0) is 16.6 Å². The Hall–Kier alpha value is -1.93. The molecule has 2 aromatic rings. The molecule has 0 aliphatic carbocycles. The Morgan fingerprint density at radius 1 is 1.40 bits per heavy atom. The van der Waals surface area contributed by atoms with Gasteiger partial charge in [-0.2, -0.15) is 0 Å². The number of anilines is 1. The van der Waals surface area contributed by atoms with Crippen LogP contribution < -0.4 is 10.0 Å². The van der Waals surface area contributed by atoms with E-state index in [4.69, 9.17) is 0 Å². The third-order valence-corrected chi connectivity index (χ3v) is 3.96. The van der Waals surface area contributed by atoms with Crippen molar-refractivity contribution in [1.29, 1.82) is 0 Å². The molecule has 3 N–H and O–H groups in total. The van der Waals surface area contributed by atoms with Crippen LogP contribution in [-0.4, -0.2) is 29.9 Å². The summed E-state index contributed by atoms with van der Waals surface area (Å²) in [5, 5.41) is 3.07. The molecular formula is C12H17N5O2S. The number of hydrogen-bond acceptors (Lipinski definition) is 5. The topological polar surface area (TPSA) is 99.8 Å². The maximum absolute atomic E-state index is 12.3. The molecule has 0 fully saturated rings. The fourth-order valence-corrected chi connectivity index (χ4v) is 2.73. The number of H-pyrrole nitrogens is 1. The van der Waals surface area contributed by atoms with Crippen molar-refractivity contribution >= 4 is 15.7 Å². The van der Waals surface area contributed by atoms with Crippen molar-refractivity contribution in [3.63, 3.8) is 0 Å². The number of sulfonamides is 1. The van der Waals surface area contributed by atoms with E-state index >= 15 is 0 Å². The summed E-state index contributed by atoms with van der Waals surface area (Å²) in [5.41, 5.74) is 1.19. The number of imidazole rings is 1. The number of aromatic amines is 1. The van der Waals surface area contributed by atoms with Crippen LogP contribution in [0.2, 0.25) is 0 Å². The van der Waals surface area contributed by atoms with Crippen LogP contribution in [0.4, 0.5) is 5.69 Å². The molecule has 0 aliphatic heterocycles. The van der Waals surface area contributed by atoms with Crippen molar-refractivity contribution in [2.75, 3.05) is 11.9 Å². The molecule has 0 atom stereocenters. The predicted octanol–water partition coefficient (Wildman–Crippen LogP) is 1.11. The molecule has 0 aromatic carbocycles. The van der Waals surface area contributed by atoms with E-state index in [1.807, 2.05) is 6.92 Å². The molecule has 2 aromatic heterocycles. The van der Waals surface area contributed by atoms with E-state index in [-0.39, 0.29) is 11.6 Å². The Kier molecular flexibility index (Phi) is 4.70. The number of aromatic nitrogens is 3. The summed E-state index contributed by atoms with van der Waals surface area (Å²) in [4.78, 5) is 10.6. The number of nitrogens with one attached hydrogen (secondary N) is 3. The predicted molar refractivity (Wildman–Crippen MR) is 75.6 cm³/mol. The zero-order valence-corrected chi connectivity index (χ0v) is 11.9. The fourth-order valence-electron chi connectivity index (χ4n) is 1.62. The van der Waals surface area contributed by atoms with Crippen LogP contribution in [0.5, 0.6) is 0 Å². The molecule has 108 valence electrons. The lowest BCUT2D eigenvalue weighted by Crippen LogP contribution is -2.25. The first-order chi connectivity index (χ1) is 9.63. The second kappa shape index (κ2) is 6.49. The summed E-state index contributed by atoms with van der Waals surface area (Å²) in [6, 6.07) is 3.40. The Morgan fingerprint density at radius 2 is 2.25 bits per heavy atom. The minimum Gasteiger partial charge on any atom is -0.383 e. The fraction of sp³-hybridized carbons (Fsp3) is 0.333. The maximum Gasteiger partial charge on any atom is 0.260 e. The Labute approximate surface area is 117 Å². The lowest BCUT2D eigenvalue weighted by atomic mass is 10.4. The molecule has 8 heteroatoms. The number of nitrogens with zero attached hydrogens (tertiary/aromatic N) is 2. The van der Waals surface area contributed by atoms with E-state index in [0.29, 0.717) is 17.9 Å². The van der Waals surface area contributed by atoms with Gasteiger partial charge in [0.05, 0.1) is 18.6 Å². The van der Waals surface area contributed by atoms with Crippen molar-refractivity contribution in [2.24, 2.45) is 0 Å². The van der Waals surface area contributed by atoms with Gasteiger partial charge in [0, 0.05) is 24.6 Å². The summed E-state index contributed by atoms with van der Waals surface area (Å²) in [5.74, 6) is 0. The highest BCUT2D eigenvalue weighted by Gasteiger charge is 2.19. The van der Waals surface area contributed by atoms with Crippen LogP contribution in [0.3, 0.4) is 0 Å². The quantitative estimate of drug-likeness (QED) is 0.710. The van der Waals surface area contributed by atoms with Gasteiger partial charge in [0.15, 0.2) is 5.03 Å². The van der Waals surface area contributed by atoms with Crippen molar-refractivity contribution in [1.82, 2.24) is 19.7 Å². The van der Waals surface area contributed by atoms with Crippen molar-refractivity contribution in [3.05, 3.63) is 36.5 Å². The van der Waals surface area contributed by atoms with Crippen LogP contribution in [0.1, 0.15) is 19.0 Å². The van der Waals surface area contributed by atoms with E-state index in [2.05, 4.69) is 25.0 Å². The van der Waals surface area contributed by atoms with Gasteiger partial charge in [-0.25, -0.2) is 23.1 Å². The minimum absolute atomic E-state index is 0.00738. The van der Waals surface area contributed by atoms with Crippen LogP contribution in [0, 0.1) is 0 Å². The molecule has 20 heavy (non-hydrogen) atoms. The molecule has 2 rings (SSSR count). The first-order valence-corrected chi connectivity index (χ1v) is 7.77. The average molecular weight is 295 g/mol. The highest BCUT2D eigenvalue weighted by atomic mass is 32.2. The average Bonchev–Trinajstić information content (AvgIpc) is 2.97. The number of rotatable bonds is 7. The summed E-state index contributed by atoms with van der Waals surface area (Å²) in [7, 11) is -3.67. The second-order valence-electron chi connectivity index (χ2n) is 4.18. The summed E-state index contributed by atoms with van der Waals surface area (Å²) in [6.45, 7) is 2.84. The zero-order chi connectivity index (χ0) is 14.4. The Bertz CT molecular complexity index is 640. The Morgan fingerprint density at radius 3 is 2.95 bits per heavy atom. The lowest BCUT2D eigenvalue weighted by Gasteiger charge is -2.11. The van der Waals surface area contributed by atoms with E-state index in [9.17, 15) is 8.42 Å². The summed E-state index contributed by atoms with van der Waals surface area (Å²) >= 11 is 0. The normalized spacial score (nSPS) is 11.4. The minimum atomic E-state index is -3.67. The van der Waals surface area contributed by atoms with Crippen LogP contribution >= 0.6 is 0 Å². The molecule has 0 spiro atoms. The number of pyridine rings is 1. The zero-order valence-electron chi connectivity index (χ0n) is 11.1. The van der Waals surface area contributed by atoms with Gasteiger partial charge in [-0.1, -0.05) is 6.92 Å². The molecule has 0 saturated heterocycles. The molecule has 7 nitrogen and oxygen atoms in total. The SMILES string of the molecule is CCCNc1cccnc1S(=O)(=O)NCc1cnc[nH]1. The van der Waals surface area contributed by atoms with Crippen molar-refractivity contribution in [3.8, 4) is 0 Å². The van der Waals surface area contributed by atoms with Gasteiger partial charge < -0.3 is 10.3 Å². The van der Waals surface area contributed by atoms with Gasteiger partial charge >= 0.3 is 0 Å². The molecule has 0 radical (unpaired) electrons. The molecule has 0 saturated carbocycles. The van der Waals surface area contributed by atoms with Gasteiger partial charge in [0.2, 0.25) is 0 Å². The standard InChI is InChI=1S/C12H17N5O2S/c1-2-5-14-11-4-3-6-15-12(11)20(18,19)17-8-10-7-13-9-16-10/h3-4,6-7,9,14,17H,2,5,8H2,1H3,(H,13,16). The highest BCUT2D eigenvalue weighted by molar-refractivity contribution is 7.89. The molecule has 0 bridgehead atoms. The van der Waals surface area contributed by atoms with E-state index in [1.54, 1.807) is 18.3 Å². The smallest absolute Gasteiger partial charge is 0.260 e. The van der Waals surface area contributed by atoms with E-state index < -0.39 is 10.0 Å². The first-order valence-electron chi connectivity index (χ1n) is 6.29. The van der Waals surface area contributed by atoms with Crippen molar-refractivity contribution < 1.29 is 8.42 Å². The highest BCUT2D eigenvalue weighted by Crippen LogP contribution is 2.17. The van der Waals surface area contributed by atoms with Gasteiger partial charge in [0.1, 0.15) is 0 Å². The number of hydrogen-bond donors (Lipinski definition) is 3. The van der Waals surface area contributed by atoms with Crippen molar-refractivity contribution in [2.45, 2.75) is 24.9 Å². The summed E-state index contributed by atoms with van der Waals surface area (Å²) < 4.78 is 27.0. The molecule has 2 heterocycles. The maximum atomic E-state index is 12.3. The monoisotopic (exact) mass is 295 g/mol. The second-order valence-corrected chi connectivity index (χ2v) is 5.87. The Balaban J connectivity index is 2.16. The van der Waals surface area contributed by atoms with Gasteiger partial charge in [-0.15, -0.1) is 0 Å². The molecule has 0 aliphatic rings. The van der Waals surface area contributed by atoms with Crippen LogP contribution in [0.25, 0.3) is 0 Å². The molecule has 0 unspecified atom stereocenters. The molecular weight excluding hydrogens is 278 g/mol. The van der Waals surface area contributed by atoms with Gasteiger partial charge in [0.25, 0.3) is 10.0 Å². The van der Waals surface area contributed by atoms with Gasteiger partial charge in [-0.05, 0) is 18.6 Å². The molecule has 0 amide bonds. The first kappa shape index (κ1) is 14.5. The lowest BCUT2D eigenvalue weighted by molar-refractivity contribution is 0.577. The van der Waals surface area contributed by atoms with E-state index in [0.717, 1.165) is 6.42 Å².